The van der Waals surface area contributed by atoms with Crippen molar-refractivity contribution in [3.05, 3.63) is 57.0 Å². The molecule has 0 saturated carbocycles. The van der Waals surface area contributed by atoms with Crippen molar-refractivity contribution in [1.82, 2.24) is 24.1 Å². The Balaban J connectivity index is 1.73. The van der Waals surface area contributed by atoms with Crippen LogP contribution in [-0.2, 0) is 7.05 Å². The summed E-state index contributed by atoms with van der Waals surface area (Å²) < 4.78 is 2.97. The zero-order valence-electron chi connectivity index (χ0n) is 14.8. The van der Waals surface area contributed by atoms with E-state index < -0.39 is 11.1 Å². The predicted octanol–water partition coefficient (Wildman–Crippen LogP) is 1.04. The van der Waals surface area contributed by atoms with Crippen LogP contribution in [0.2, 0.25) is 0 Å². The number of aromatic nitrogens is 5. The van der Waals surface area contributed by atoms with Crippen LogP contribution in [0.1, 0.15) is 24.6 Å². The van der Waals surface area contributed by atoms with Crippen LogP contribution in [0.3, 0.4) is 0 Å². The molecular formula is C18H20N6O2. The van der Waals surface area contributed by atoms with Crippen LogP contribution in [-0.4, -0.2) is 37.2 Å². The highest BCUT2D eigenvalue weighted by Gasteiger charge is 2.26. The normalized spacial score (nSPS) is 15.5. The Kier molecular flexibility index (Phi) is 4.02. The van der Waals surface area contributed by atoms with E-state index in [0.717, 1.165) is 31.6 Å². The van der Waals surface area contributed by atoms with Crippen LogP contribution in [0.25, 0.3) is 11.2 Å². The second kappa shape index (κ2) is 6.36. The first-order valence-corrected chi connectivity index (χ1v) is 8.67. The maximum atomic E-state index is 12.7. The molecule has 0 N–H and O–H groups in total. The first-order valence-electron chi connectivity index (χ1n) is 8.67. The third kappa shape index (κ3) is 2.67. The van der Waals surface area contributed by atoms with Crippen molar-refractivity contribution in [3.63, 3.8) is 0 Å². The van der Waals surface area contributed by atoms with Crippen LogP contribution in [0.5, 0.6) is 0 Å². The predicted molar refractivity (Wildman–Crippen MR) is 98.5 cm³/mol. The number of anilines is 1. The molecule has 0 radical (unpaired) electrons. The molecule has 0 aromatic carbocycles. The Morgan fingerprint density at radius 2 is 1.73 bits per heavy atom. The van der Waals surface area contributed by atoms with Gasteiger partial charge in [-0.2, -0.15) is 0 Å². The van der Waals surface area contributed by atoms with Gasteiger partial charge >= 0.3 is 11.1 Å². The van der Waals surface area contributed by atoms with Crippen LogP contribution in [0, 0.1) is 6.92 Å². The van der Waals surface area contributed by atoms with E-state index in [1.54, 1.807) is 30.1 Å². The summed E-state index contributed by atoms with van der Waals surface area (Å²) in [5.74, 6) is 0.695. The molecule has 0 amide bonds. The highest BCUT2D eigenvalue weighted by Crippen LogP contribution is 2.25. The van der Waals surface area contributed by atoms with E-state index in [1.807, 2.05) is 19.1 Å². The van der Waals surface area contributed by atoms with Gasteiger partial charge in [0.1, 0.15) is 0 Å². The lowest BCUT2D eigenvalue weighted by molar-refractivity contribution is 0.389. The zero-order chi connectivity index (χ0) is 18.3. The van der Waals surface area contributed by atoms with E-state index in [-0.39, 0.29) is 6.04 Å². The van der Waals surface area contributed by atoms with Gasteiger partial charge in [-0.1, -0.05) is 0 Å². The summed E-state index contributed by atoms with van der Waals surface area (Å²) in [6.45, 7) is 3.34. The summed E-state index contributed by atoms with van der Waals surface area (Å²) in [5, 5.41) is 0. The maximum Gasteiger partial charge on any atom is 0.318 e. The van der Waals surface area contributed by atoms with E-state index in [4.69, 9.17) is 0 Å². The Labute approximate surface area is 149 Å². The Bertz CT molecular complexity index is 1060. The average molecular weight is 352 g/mol. The van der Waals surface area contributed by atoms with E-state index in [9.17, 15) is 9.59 Å². The first-order chi connectivity index (χ1) is 12.6. The molecule has 3 aromatic rings. The molecule has 26 heavy (non-hydrogen) atoms. The minimum Gasteiger partial charge on any atom is -0.341 e. The summed E-state index contributed by atoms with van der Waals surface area (Å²) in [6.07, 6.45) is 4.91. The summed E-state index contributed by atoms with van der Waals surface area (Å²) in [5.41, 5.74) is 1.05. The fraction of sp³-hybridized carbons (Fsp3) is 0.389. The highest BCUT2D eigenvalue weighted by atomic mass is 16.2. The smallest absolute Gasteiger partial charge is 0.318 e. The van der Waals surface area contributed by atoms with Gasteiger partial charge in [-0.25, -0.2) is 15.0 Å². The number of hydrogen-bond acceptors (Lipinski definition) is 6. The molecule has 0 atom stereocenters. The lowest BCUT2D eigenvalue weighted by Crippen LogP contribution is -2.45. The number of rotatable bonds is 2. The molecular weight excluding hydrogens is 332 g/mol. The van der Waals surface area contributed by atoms with Gasteiger partial charge in [0.05, 0.1) is 5.52 Å². The summed E-state index contributed by atoms with van der Waals surface area (Å²) >= 11 is 0. The van der Waals surface area contributed by atoms with E-state index in [0.29, 0.717) is 17.1 Å². The number of pyridine rings is 1. The van der Waals surface area contributed by atoms with Crippen LogP contribution in [0.4, 0.5) is 5.95 Å². The van der Waals surface area contributed by atoms with Gasteiger partial charge in [0.25, 0.3) is 0 Å². The van der Waals surface area contributed by atoms with Crippen molar-refractivity contribution in [2.75, 3.05) is 18.0 Å². The first kappa shape index (κ1) is 16.4. The molecule has 8 nitrogen and oxygen atoms in total. The molecule has 3 aromatic heterocycles. The molecule has 1 fully saturated rings. The number of aryl methyl sites for hydroxylation is 2. The molecule has 4 rings (SSSR count). The van der Waals surface area contributed by atoms with Crippen molar-refractivity contribution in [3.8, 4) is 0 Å². The Morgan fingerprint density at radius 3 is 2.42 bits per heavy atom. The molecule has 134 valence electrons. The van der Waals surface area contributed by atoms with Crippen molar-refractivity contribution >= 4 is 17.1 Å². The average Bonchev–Trinajstić information content (AvgIpc) is 2.67. The minimum absolute atomic E-state index is 0.0619. The van der Waals surface area contributed by atoms with Gasteiger partial charge in [0.2, 0.25) is 5.95 Å². The van der Waals surface area contributed by atoms with Crippen LogP contribution >= 0.6 is 0 Å². The molecule has 8 heteroatoms. The van der Waals surface area contributed by atoms with Gasteiger partial charge in [0, 0.05) is 44.3 Å². The number of fused-ring (bicyclic) bond motifs is 1. The van der Waals surface area contributed by atoms with E-state index in [1.165, 1.54) is 4.57 Å². The quantitative estimate of drug-likeness (QED) is 0.641. The van der Waals surface area contributed by atoms with Gasteiger partial charge < -0.3 is 9.47 Å². The standard InChI is InChI=1S/C18H20N6O2/c1-12-4-5-14-15(21-12)24(17(26)16(25)22(14)2)13-6-10-23(11-7-13)18-19-8-3-9-20-18/h3-5,8-9,13H,6-7,10-11H2,1-2H3. The van der Waals surface area contributed by atoms with Crippen LogP contribution < -0.4 is 16.0 Å². The molecule has 0 unspecified atom stereocenters. The monoisotopic (exact) mass is 352 g/mol. The summed E-state index contributed by atoms with van der Waals surface area (Å²) in [7, 11) is 1.61. The summed E-state index contributed by atoms with van der Waals surface area (Å²) in [4.78, 5) is 40.3. The molecule has 1 saturated heterocycles. The summed E-state index contributed by atoms with van der Waals surface area (Å²) in [6, 6.07) is 5.43. The van der Waals surface area contributed by atoms with Gasteiger partial charge in [-0.3, -0.25) is 14.2 Å². The van der Waals surface area contributed by atoms with Crippen molar-refractivity contribution < 1.29 is 0 Å². The molecule has 1 aliphatic rings. The largest absolute Gasteiger partial charge is 0.341 e. The van der Waals surface area contributed by atoms with Gasteiger partial charge in [-0.05, 0) is 38.0 Å². The number of nitrogens with zero attached hydrogens (tertiary/aromatic N) is 6. The number of piperidine rings is 1. The van der Waals surface area contributed by atoms with Gasteiger partial charge in [0.15, 0.2) is 5.65 Å². The van der Waals surface area contributed by atoms with Crippen LogP contribution in [0.15, 0.2) is 40.2 Å². The third-order valence-corrected chi connectivity index (χ3v) is 4.95. The molecule has 0 aliphatic carbocycles. The molecule has 0 spiro atoms. The maximum absolute atomic E-state index is 12.7. The van der Waals surface area contributed by atoms with Crippen molar-refractivity contribution in [2.24, 2.45) is 7.05 Å². The SMILES string of the molecule is Cc1ccc2c(n1)n(C1CCN(c3ncccn3)CC1)c(=O)c(=O)n2C. The van der Waals surface area contributed by atoms with E-state index in [2.05, 4.69) is 19.9 Å². The fourth-order valence-electron chi connectivity index (χ4n) is 3.54. The Hall–Kier alpha value is -3.03. The lowest BCUT2D eigenvalue weighted by atomic mass is 10.0. The number of hydrogen-bond donors (Lipinski definition) is 0. The minimum atomic E-state index is -0.517. The second-order valence-corrected chi connectivity index (χ2v) is 6.60. The topological polar surface area (TPSA) is 85.9 Å². The zero-order valence-corrected chi connectivity index (χ0v) is 14.8. The van der Waals surface area contributed by atoms with Crippen molar-refractivity contribution in [1.29, 1.82) is 0 Å². The van der Waals surface area contributed by atoms with Gasteiger partial charge in [-0.15, -0.1) is 0 Å². The lowest BCUT2D eigenvalue weighted by Gasteiger charge is -2.33. The molecule has 1 aliphatic heterocycles. The fourth-order valence-corrected chi connectivity index (χ4v) is 3.54. The second-order valence-electron chi connectivity index (χ2n) is 6.60. The molecule has 4 heterocycles. The Morgan fingerprint density at radius 1 is 1.04 bits per heavy atom. The van der Waals surface area contributed by atoms with Crippen molar-refractivity contribution in [2.45, 2.75) is 25.8 Å². The van der Waals surface area contributed by atoms with E-state index >= 15 is 0 Å². The molecule has 0 bridgehead atoms. The third-order valence-electron chi connectivity index (χ3n) is 4.95. The highest BCUT2D eigenvalue weighted by molar-refractivity contribution is 5.71.